The number of ether oxygens (including phenoxy) is 1. The molecule has 2 aliphatic heterocycles. The van der Waals surface area contributed by atoms with Crippen LogP contribution in [-0.2, 0) is 16.0 Å². The first kappa shape index (κ1) is 19.5. The molecule has 2 heterocycles. The molecule has 0 unspecified atom stereocenters. The Kier molecular flexibility index (Phi) is 5.81. The Hall–Kier alpha value is -2.86. The third-order valence-corrected chi connectivity index (χ3v) is 5.59. The summed E-state index contributed by atoms with van der Waals surface area (Å²) in [4.78, 5) is 27.4. The van der Waals surface area contributed by atoms with Crippen molar-refractivity contribution in [2.24, 2.45) is 0 Å². The molecule has 2 atom stereocenters. The Morgan fingerprint density at radius 3 is 2.76 bits per heavy atom. The molecule has 2 aromatic rings. The predicted molar refractivity (Wildman–Crippen MR) is 113 cm³/mol. The first-order valence-corrected chi connectivity index (χ1v) is 10.3. The van der Waals surface area contributed by atoms with Gasteiger partial charge in [0.15, 0.2) is 0 Å². The number of carbonyl (C=O) groups is 2. The van der Waals surface area contributed by atoms with Crippen molar-refractivity contribution in [1.82, 2.24) is 5.32 Å². The summed E-state index contributed by atoms with van der Waals surface area (Å²) in [5.41, 5.74) is 3.37. The molecule has 0 saturated carbocycles. The summed E-state index contributed by atoms with van der Waals surface area (Å²) in [6, 6.07) is 15.4. The lowest BCUT2D eigenvalue weighted by Gasteiger charge is -2.23. The number of amides is 2. The van der Waals surface area contributed by atoms with E-state index in [2.05, 4.69) is 23.6 Å². The maximum Gasteiger partial charge on any atom is 0.253 e. The van der Waals surface area contributed by atoms with Crippen molar-refractivity contribution in [1.29, 1.82) is 0 Å². The first-order chi connectivity index (χ1) is 14.1. The van der Waals surface area contributed by atoms with E-state index < -0.39 is 0 Å². The molecule has 2 aliphatic rings. The summed E-state index contributed by atoms with van der Waals surface area (Å²) in [5.74, 6) is -0.159. The zero-order chi connectivity index (χ0) is 20.2. The van der Waals surface area contributed by atoms with Gasteiger partial charge in [-0.3, -0.25) is 9.59 Å². The van der Waals surface area contributed by atoms with E-state index in [1.807, 2.05) is 41.3 Å². The Labute approximate surface area is 171 Å². The van der Waals surface area contributed by atoms with Gasteiger partial charge in [0.25, 0.3) is 5.91 Å². The van der Waals surface area contributed by atoms with Gasteiger partial charge in [0.1, 0.15) is 0 Å². The summed E-state index contributed by atoms with van der Waals surface area (Å²) in [6.07, 6.45) is 2.98. The van der Waals surface area contributed by atoms with Crippen molar-refractivity contribution in [3.63, 3.8) is 0 Å². The van der Waals surface area contributed by atoms with Crippen molar-refractivity contribution in [2.45, 2.75) is 38.3 Å². The molecule has 2 N–H and O–H groups in total. The number of fused-ring (bicyclic) bond motifs is 1. The van der Waals surface area contributed by atoms with Crippen LogP contribution in [0.5, 0.6) is 0 Å². The number of carbonyl (C=O) groups excluding carboxylic acids is 2. The Balaban J connectivity index is 1.40. The lowest BCUT2D eigenvalue weighted by Crippen LogP contribution is -2.39. The molecule has 2 aromatic carbocycles. The maximum absolute atomic E-state index is 12.9. The van der Waals surface area contributed by atoms with E-state index in [9.17, 15) is 9.59 Å². The number of benzene rings is 2. The average Bonchev–Trinajstić information content (AvgIpc) is 3.37. The van der Waals surface area contributed by atoms with Crippen LogP contribution in [0.3, 0.4) is 0 Å². The van der Waals surface area contributed by atoms with Gasteiger partial charge >= 0.3 is 0 Å². The zero-order valence-corrected chi connectivity index (χ0v) is 16.7. The second-order valence-corrected chi connectivity index (χ2v) is 7.69. The molecule has 0 aromatic heterocycles. The Bertz CT molecular complexity index is 892. The van der Waals surface area contributed by atoms with Crippen LogP contribution in [0.1, 0.15) is 35.7 Å². The van der Waals surface area contributed by atoms with Gasteiger partial charge in [0, 0.05) is 30.6 Å². The molecular formula is C23H27N3O3. The fourth-order valence-electron chi connectivity index (χ4n) is 4.14. The van der Waals surface area contributed by atoms with Crippen molar-refractivity contribution < 1.29 is 14.3 Å². The van der Waals surface area contributed by atoms with Gasteiger partial charge in [0.05, 0.1) is 18.2 Å². The van der Waals surface area contributed by atoms with E-state index >= 15 is 0 Å². The lowest BCUT2D eigenvalue weighted by molar-refractivity contribution is -0.117. The summed E-state index contributed by atoms with van der Waals surface area (Å²) < 4.78 is 5.56. The molecule has 6 heteroatoms. The predicted octanol–water partition coefficient (Wildman–Crippen LogP) is 2.99. The smallest absolute Gasteiger partial charge is 0.253 e. The Morgan fingerprint density at radius 1 is 1.14 bits per heavy atom. The normalized spacial score (nSPS) is 20.4. The van der Waals surface area contributed by atoms with Gasteiger partial charge in [-0.15, -0.1) is 0 Å². The number of nitrogens with one attached hydrogen (secondary N) is 2. The second kappa shape index (κ2) is 8.66. The van der Waals surface area contributed by atoms with Crippen LogP contribution in [-0.4, -0.2) is 43.7 Å². The van der Waals surface area contributed by atoms with Crippen LogP contribution >= 0.6 is 0 Å². The van der Waals surface area contributed by atoms with E-state index in [4.69, 9.17) is 4.74 Å². The van der Waals surface area contributed by atoms with E-state index in [1.54, 1.807) is 6.07 Å². The fraction of sp³-hybridized carbons (Fsp3) is 0.391. The molecule has 6 nitrogen and oxygen atoms in total. The van der Waals surface area contributed by atoms with Crippen molar-refractivity contribution in [3.05, 3.63) is 59.7 Å². The second-order valence-electron chi connectivity index (χ2n) is 7.69. The highest BCUT2D eigenvalue weighted by molar-refractivity contribution is 6.02. The molecule has 1 fully saturated rings. The lowest BCUT2D eigenvalue weighted by atomic mass is 10.1. The number of hydrogen-bond acceptors (Lipinski definition) is 4. The number of nitrogens with zero attached hydrogens (tertiary/aromatic N) is 1. The van der Waals surface area contributed by atoms with Crippen molar-refractivity contribution >= 4 is 23.2 Å². The molecule has 0 spiro atoms. The molecular weight excluding hydrogens is 366 g/mol. The van der Waals surface area contributed by atoms with Crippen LogP contribution in [0.25, 0.3) is 0 Å². The SMILES string of the molecule is C[C@H]1Cc2ccccc2N1C(=O)CNc1ccccc1C(=O)NC[C@@H]1CCCO1. The van der Waals surface area contributed by atoms with E-state index in [0.717, 1.165) is 31.6 Å². The van der Waals surface area contributed by atoms with E-state index in [1.165, 1.54) is 5.56 Å². The topological polar surface area (TPSA) is 70.7 Å². The van der Waals surface area contributed by atoms with Crippen molar-refractivity contribution in [2.75, 3.05) is 29.9 Å². The number of anilines is 2. The highest BCUT2D eigenvalue weighted by Crippen LogP contribution is 2.31. The number of para-hydroxylation sites is 2. The number of rotatable bonds is 6. The molecule has 1 saturated heterocycles. The molecule has 2 amide bonds. The van der Waals surface area contributed by atoms with Gasteiger partial charge in [0.2, 0.25) is 5.91 Å². The quantitative estimate of drug-likeness (QED) is 0.792. The largest absolute Gasteiger partial charge is 0.376 e. The zero-order valence-electron chi connectivity index (χ0n) is 16.7. The van der Waals surface area contributed by atoms with Crippen molar-refractivity contribution in [3.8, 4) is 0 Å². The number of hydrogen-bond donors (Lipinski definition) is 2. The van der Waals surface area contributed by atoms with Gasteiger partial charge in [-0.2, -0.15) is 0 Å². The summed E-state index contributed by atoms with van der Waals surface area (Å²) in [5, 5.41) is 6.11. The highest BCUT2D eigenvalue weighted by atomic mass is 16.5. The standard InChI is InChI=1S/C23H27N3O3/c1-16-13-17-7-2-5-11-21(17)26(16)22(27)15-24-20-10-4-3-9-19(20)23(28)25-14-18-8-6-12-29-18/h2-5,7,9-11,16,18,24H,6,8,12-15H2,1H3,(H,25,28)/t16-,18-/m0/s1. The molecule has 4 rings (SSSR count). The molecule has 0 bridgehead atoms. The monoisotopic (exact) mass is 393 g/mol. The highest BCUT2D eigenvalue weighted by Gasteiger charge is 2.30. The van der Waals surface area contributed by atoms with Gasteiger partial charge < -0.3 is 20.3 Å². The summed E-state index contributed by atoms with van der Waals surface area (Å²) >= 11 is 0. The Morgan fingerprint density at radius 2 is 1.93 bits per heavy atom. The van der Waals surface area contributed by atoms with Gasteiger partial charge in [-0.1, -0.05) is 30.3 Å². The molecule has 0 radical (unpaired) electrons. The van der Waals surface area contributed by atoms with Crippen LogP contribution in [0.4, 0.5) is 11.4 Å². The molecule has 152 valence electrons. The minimum atomic E-state index is -0.157. The van der Waals surface area contributed by atoms with E-state index in [-0.39, 0.29) is 30.5 Å². The average molecular weight is 393 g/mol. The van der Waals surface area contributed by atoms with E-state index in [0.29, 0.717) is 17.8 Å². The van der Waals surface area contributed by atoms with Crippen LogP contribution in [0, 0.1) is 0 Å². The third kappa shape index (κ3) is 4.27. The maximum atomic E-state index is 12.9. The van der Waals surface area contributed by atoms with Crippen LogP contribution in [0.15, 0.2) is 48.5 Å². The van der Waals surface area contributed by atoms with Crippen LogP contribution in [0.2, 0.25) is 0 Å². The summed E-state index contributed by atoms with van der Waals surface area (Å²) in [6.45, 7) is 3.46. The minimum absolute atomic E-state index is 0.00276. The first-order valence-electron chi connectivity index (χ1n) is 10.3. The molecule has 0 aliphatic carbocycles. The third-order valence-electron chi connectivity index (χ3n) is 5.59. The van der Waals surface area contributed by atoms with Gasteiger partial charge in [-0.05, 0) is 49.9 Å². The van der Waals surface area contributed by atoms with Crippen LogP contribution < -0.4 is 15.5 Å². The fourth-order valence-corrected chi connectivity index (χ4v) is 4.14. The molecule has 29 heavy (non-hydrogen) atoms. The summed E-state index contributed by atoms with van der Waals surface area (Å²) in [7, 11) is 0. The van der Waals surface area contributed by atoms with Gasteiger partial charge in [-0.25, -0.2) is 0 Å². The minimum Gasteiger partial charge on any atom is -0.376 e.